The summed E-state index contributed by atoms with van der Waals surface area (Å²) in [6, 6.07) is 3.37. The van der Waals surface area contributed by atoms with Crippen LogP contribution in [0.15, 0.2) is 16.9 Å². The molecule has 0 radical (unpaired) electrons. The second-order valence-electron chi connectivity index (χ2n) is 6.17. The molecule has 1 rings (SSSR count). The Kier molecular flexibility index (Phi) is 4.52. The number of rotatable bonds is 3. The fourth-order valence-electron chi connectivity index (χ4n) is 2.03. The number of hydrazine groups is 1. The van der Waals surface area contributed by atoms with Gasteiger partial charge in [0.05, 0.1) is 0 Å². The van der Waals surface area contributed by atoms with Crippen molar-refractivity contribution < 1.29 is 4.79 Å². The Balaban J connectivity index is 3.50. The first kappa shape index (κ1) is 15.4. The number of aromatic nitrogens is 1. The minimum atomic E-state index is -0.553. The number of amides is 1. The summed E-state index contributed by atoms with van der Waals surface area (Å²) in [5.74, 6) is 4.86. The monoisotopic (exact) mass is 265 g/mol. The molecular formula is C14H23N3O2. The van der Waals surface area contributed by atoms with Gasteiger partial charge in [-0.2, -0.15) is 0 Å². The Labute approximate surface area is 113 Å². The van der Waals surface area contributed by atoms with Crippen molar-refractivity contribution in [1.29, 1.82) is 0 Å². The van der Waals surface area contributed by atoms with Gasteiger partial charge in [-0.1, -0.05) is 34.6 Å². The molecular weight excluding hydrogens is 242 g/mol. The largest absolute Gasteiger partial charge is 0.311 e. The first-order chi connectivity index (χ1) is 8.68. The van der Waals surface area contributed by atoms with Crippen molar-refractivity contribution in [3.05, 3.63) is 33.7 Å². The van der Waals surface area contributed by atoms with E-state index >= 15 is 0 Å². The zero-order valence-corrected chi connectivity index (χ0v) is 12.3. The summed E-state index contributed by atoms with van der Waals surface area (Å²) in [6.07, 6.45) is 0. The smallest absolute Gasteiger partial charge is 0.270 e. The fraction of sp³-hybridized carbons (Fsp3) is 0.571. The van der Waals surface area contributed by atoms with Crippen molar-refractivity contribution in [2.45, 2.75) is 46.6 Å². The number of nitrogens with zero attached hydrogens (tertiary/aromatic N) is 1. The van der Waals surface area contributed by atoms with Gasteiger partial charge < -0.3 is 4.57 Å². The molecule has 19 heavy (non-hydrogen) atoms. The molecule has 5 heteroatoms. The minimum absolute atomic E-state index is 0.0798. The SMILES string of the molecule is CC(C)Cn1c(C(C)(C)C)ccc(C(=O)NN)c1=O. The first-order valence-corrected chi connectivity index (χ1v) is 6.43. The summed E-state index contributed by atoms with van der Waals surface area (Å²) >= 11 is 0. The molecule has 1 heterocycles. The molecule has 0 aromatic carbocycles. The number of nitrogen functional groups attached to an aromatic ring is 1. The van der Waals surface area contributed by atoms with Crippen molar-refractivity contribution >= 4 is 5.91 Å². The van der Waals surface area contributed by atoms with Gasteiger partial charge in [0.1, 0.15) is 5.56 Å². The minimum Gasteiger partial charge on any atom is -0.311 e. The standard InChI is InChI=1S/C14H23N3O2/c1-9(2)8-17-11(14(3,4)5)7-6-10(13(17)19)12(18)16-15/h6-7,9H,8,15H2,1-5H3,(H,16,18). The van der Waals surface area contributed by atoms with E-state index in [9.17, 15) is 9.59 Å². The number of nitrogens with two attached hydrogens (primary N) is 1. The van der Waals surface area contributed by atoms with Crippen LogP contribution in [0.25, 0.3) is 0 Å². The van der Waals surface area contributed by atoms with Crippen LogP contribution >= 0.6 is 0 Å². The highest BCUT2D eigenvalue weighted by molar-refractivity contribution is 5.93. The molecule has 0 unspecified atom stereocenters. The van der Waals surface area contributed by atoms with E-state index in [1.165, 1.54) is 0 Å². The molecule has 0 spiro atoms. The number of nitrogens with one attached hydrogen (secondary N) is 1. The molecule has 0 aliphatic heterocycles. The number of hydrogen-bond donors (Lipinski definition) is 2. The third kappa shape index (κ3) is 3.44. The van der Waals surface area contributed by atoms with Crippen LogP contribution in [0.5, 0.6) is 0 Å². The molecule has 1 amide bonds. The molecule has 0 aliphatic carbocycles. The van der Waals surface area contributed by atoms with Crippen LogP contribution in [0, 0.1) is 5.92 Å². The lowest BCUT2D eigenvalue weighted by atomic mass is 9.90. The highest BCUT2D eigenvalue weighted by Gasteiger charge is 2.22. The Bertz CT molecular complexity index is 524. The van der Waals surface area contributed by atoms with E-state index in [-0.39, 0.29) is 16.5 Å². The maximum Gasteiger partial charge on any atom is 0.270 e. The number of pyridine rings is 1. The zero-order chi connectivity index (χ0) is 14.8. The molecule has 1 aromatic rings. The summed E-state index contributed by atoms with van der Waals surface area (Å²) in [6.45, 7) is 10.8. The molecule has 106 valence electrons. The molecule has 0 fully saturated rings. The van der Waals surface area contributed by atoms with E-state index < -0.39 is 5.91 Å². The van der Waals surface area contributed by atoms with Crippen LogP contribution in [0.4, 0.5) is 0 Å². The van der Waals surface area contributed by atoms with E-state index in [0.29, 0.717) is 12.5 Å². The number of hydrogen-bond acceptors (Lipinski definition) is 3. The quantitative estimate of drug-likeness (QED) is 0.493. The Morgan fingerprint density at radius 2 is 1.95 bits per heavy atom. The topological polar surface area (TPSA) is 77.1 Å². The van der Waals surface area contributed by atoms with Gasteiger partial charge in [-0.3, -0.25) is 15.0 Å². The van der Waals surface area contributed by atoms with Gasteiger partial charge in [0, 0.05) is 17.7 Å². The molecule has 1 aromatic heterocycles. The van der Waals surface area contributed by atoms with E-state index in [1.807, 2.05) is 46.1 Å². The molecule has 0 bridgehead atoms. The van der Waals surface area contributed by atoms with Gasteiger partial charge in [0.2, 0.25) is 0 Å². The summed E-state index contributed by atoms with van der Waals surface area (Å²) in [4.78, 5) is 24.0. The van der Waals surface area contributed by atoms with Crippen LogP contribution in [-0.4, -0.2) is 10.5 Å². The summed E-state index contributed by atoms with van der Waals surface area (Å²) in [5.41, 5.74) is 2.56. The molecule has 0 atom stereocenters. The molecule has 0 saturated carbocycles. The lowest BCUT2D eigenvalue weighted by Crippen LogP contribution is -2.39. The first-order valence-electron chi connectivity index (χ1n) is 6.43. The zero-order valence-electron chi connectivity index (χ0n) is 12.3. The van der Waals surface area contributed by atoms with Crippen molar-refractivity contribution in [2.24, 2.45) is 11.8 Å². The van der Waals surface area contributed by atoms with Crippen LogP contribution < -0.4 is 16.8 Å². The van der Waals surface area contributed by atoms with Crippen molar-refractivity contribution in [3.63, 3.8) is 0 Å². The van der Waals surface area contributed by atoms with E-state index in [2.05, 4.69) is 0 Å². The third-order valence-corrected chi connectivity index (χ3v) is 2.87. The maximum absolute atomic E-state index is 12.4. The van der Waals surface area contributed by atoms with E-state index in [4.69, 9.17) is 5.84 Å². The second-order valence-corrected chi connectivity index (χ2v) is 6.17. The van der Waals surface area contributed by atoms with Crippen LogP contribution in [0.2, 0.25) is 0 Å². The normalized spacial score (nSPS) is 11.7. The van der Waals surface area contributed by atoms with E-state index in [0.717, 1.165) is 5.69 Å². The lowest BCUT2D eigenvalue weighted by Gasteiger charge is -2.25. The van der Waals surface area contributed by atoms with Gasteiger partial charge in [-0.25, -0.2) is 5.84 Å². The van der Waals surface area contributed by atoms with Crippen molar-refractivity contribution in [1.82, 2.24) is 9.99 Å². The fourth-order valence-corrected chi connectivity index (χ4v) is 2.03. The van der Waals surface area contributed by atoms with Crippen LogP contribution in [-0.2, 0) is 12.0 Å². The average molecular weight is 265 g/mol. The highest BCUT2D eigenvalue weighted by Crippen LogP contribution is 2.21. The summed E-state index contributed by atoms with van der Waals surface area (Å²) in [5, 5.41) is 0. The Morgan fingerprint density at radius 3 is 2.37 bits per heavy atom. The van der Waals surface area contributed by atoms with Crippen molar-refractivity contribution in [2.75, 3.05) is 0 Å². The van der Waals surface area contributed by atoms with Gasteiger partial charge in [-0.05, 0) is 18.1 Å². The third-order valence-electron chi connectivity index (χ3n) is 2.87. The van der Waals surface area contributed by atoms with Crippen molar-refractivity contribution in [3.8, 4) is 0 Å². The highest BCUT2D eigenvalue weighted by atomic mass is 16.2. The Morgan fingerprint density at radius 1 is 1.37 bits per heavy atom. The average Bonchev–Trinajstić information content (AvgIpc) is 2.28. The molecule has 0 saturated heterocycles. The molecule has 5 nitrogen and oxygen atoms in total. The number of carbonyl (C=O) groups is 1. The van der Waals surface area contributed by atoms with Crippen LogP contribution in [0.1, 0.15) is 50.7 Å². The maximum atomic E-state index is 12.4. The lowest BCUT2D eigenvalue weighted by molar-refractivity contribution is 0.0951. The summed E-state index contributed by atoms with van der Waals surface area (Å²) in [7, 11) is 0. The second kappa shape index (κ2) is 5.57. The molecule has 3 N–H and O–H groups in total. The predicted molar refractivity (Wildman–Crippen MR) is 75.9 cm³/mol. The van der Waals surface area contributed by atoms with Crippen LogP contribution in [0.3, 0.4) is 0 Å². The van der Waals surface area contributed by atoms with Gasteiger partial charge >= 0.3 is 0 Å². The van der Waals surface area contributed by atoms with Gasteiger partial charge in [0.25, 0.3) is 11.5 Å². The van der Waals surface area contributed by atoms with E-state index in [1.54, 1.807) is 10.6 Å². The Hall–Kier alpha value is -1.62. The van der Waals surface area contributed by atoms with Gasteiger partial charge in [-0.15, -0.1) is 0 Å². The number of carbonyl (C=O) groups excluding carboxylic acids is 1. The molecule has 0 aliphatic rings. The predicted octanol–water partition coefficient (Wildman–Crippen LogP) is 1.41. The summed E-state index contributed by atoms with van der Waals surface area (Å²) < 4.78 is 1.68. The van der Waals surface area contributed by atoms with Gasteiger partial charge in [0.15, 0.2) is 0 Å².